The van der Waals surface area contributed by atoms with Crippen LogP contribution in [0.25, 0.3) is 0 Å². The lowest BCUT2D eigenvalue weighted by molar-refractivity contribution is -0.123. The molecule has 1 rings (SSSR count). The second-order valence-corrected chi connectivity index (χ2v) is 4.49. The summed E-state index contributed by atoms with van der Waals surface area (Å²) in [5.41, 5.74) is 0.539. The van der Waals surface area contributed by atoms with Gasteiger partial charge < -0.3 is 14.8 Å². The SMILES string of the molecule is CCCNC(=O)CN(C(C)=O)c1ccc(OC)cc1OC. The van der Waals surface area contributed by atoms with E-state index in [4.69, 9.17) is 9.47 Å². The highest BCUT2D eigenvalue weighted by Crippen LogP contribution is 2.32. The third kappa shape index (κ3) is 4.66. The number of methoxy groups -OCH3 is 2. The number of nitrogens with one attached hydrogen (secondary N) is 1. The number of nitrogens with zero attached hydrogens (tertiary/aromatic N) is 1. The number of rotatable bonds is 7. The topological polar surface area (TPSA) is 67.9 Å². The zero-order valence-corrected chi connectivity index (χ0v) is 12.9. The molecule has 0 radical (unpaired) electrons. The fourth-order valence-corrected chi connectivity index (χ4v) is 1.84. The number of ether oxygens (including phenoxy) is 2. The Bertz CT molecular complexity index is 502. The lowest BCUT2D eigenvalue weighted by Crippen LogP contribution is -2.40. The summed E-state index contributed by atoms with van der Waals surface area (Å²) in [6.07, 6.45) is 0.845. The zero-order chi connectivity index (χ0) is 15.8. The van der Waals surface area contributed by atoms with Crippen LogP contribution in [0, 0.1) is 0 Å². The lowest BCUT2D eigenvalue weighted by atomic mass is 10.2. The number of hydrogen-bond donors (Lipinski definition) is 1. The first-order chi connectivity index (χ1) is 10.0. The minimum absolute atomic E-state index is 0.0436. The van der Waals surface area contributed by atoms with Crippen LogP contribution in [0.5, 0.6) is 11.5 Å². The molecule has 0 saturated heterocycles. The number of carbonyl (C=O) groups excluding carboxylic acids is 2. The van der Waals surface area contributed by atoms with Gasteiger partial charge in [0.2, 0.25) is 11.8 Å². The second kappa shape index (κ2) is 8.14. The van der Waals surface area contributed by atoms with Crippen LogP contribution in [-0.4, -0.2) is 39.1 Å². The normalized spacial score (nSPS) is 9.90. The van der Waals surface area contributed by atoms with Crippen LogP contribution in [0.15, 0.2) is 18.2 Å². The van der Waals surface area contributed by atoms with Gasteiger partial charge in [0, 0.05) is 19.5 Å². The van der Waals surface area contributed by atoms with E-state index in [2.05, 4.69) is 5.32 Å². The Labute approximate surface area is 125 Å². The second-order valence-electron chi connectivity index (χ2n) is 4.49. The van der Waals surface area contributed by atoms with Gasteiger partial charge >= 0.3 is 0 Å². The molecule has 0 heterocycles. The summed E-state index contributed by atoms with van der Waals surface area (Å²) in [5, 5.41) is 2.75. The Morgan fingerprint density at radius 2 is 1.95 bits per heavy atom. The van der Waals surface area contributed by atoms with Gasteiger partial charge in [-0.05, 0) is 18.6 Å². The van der Waals surface area contributed by atoms with Crippen molar-refractivity contribution >= 4 is 17.5 Å². The molecule has 0 atom stereocenters. The molecule has 116 valence electrons. The molecule has 6 nitrogen and oxygen atoms in total. The van der Waals surface area contributed by atoms with Crippen LogP contribution < -0.4 is 19.7 Å². The van der Waals surface area contributed by atoms with E-state index in [1.165, 1.54) is 18.9 Å². The maximum absolute atomic E-state index is 11.8. The van der Waals surface area contributed by atoms with E-state index in [1.807, 2.05) is 6.92 Å². The van der Waals surface area contributed by atoms with Crippen LogP contribution in [0.4, 0.5) is 5.69 Å². The number of amides is 2. The van der Waals surface area contributed by atoms with E-state index in [0.29, 0.717) is 23.7 Å². The van der Waals surface area contributed by atoms with Gasteiger partial charge in [0.25, 0.3) is 0 Å². The van der Waals surface area contributed by atoms with Crippen molar-refractivity contribution in [1.82, 2.24) is 5.32 Å². The van der Waals surface area contributed by atoms with E-state index in [0.717, 1.165) is 6.42 Å². The van der Waals surface area contributed by atoms with Crippen molar-refractivity contribution in [1.29, 1.82) is 0 Å². The van der Waals surface area contributed by atoms with E-state index >= 15 is 0 Å². The van der Waals surface area contributed by atoms with Crippen LogP contribution in [0.2, 0.25) is 0 Å². The Morgan fingerprint density at radius 1 is 1.24 bits per heavy atom. The first kappa shape index (κ1) is 16.8. The van der Waals surface area contributed by atoms with Crippen molar-refractivity contribution in [2.45, 2.75) is 20.3 Å². The predicted molar refractivity (Wildman–Crippen MR) is 80.9 cm³/mol. The Kier molecular flexibility index (Phi) is 6.52. The zero-order valence-electron chi connectivity index (χ0n) is 12.9. The molecule has 0 spiro atoms. The number of hydrogen-bond acceptors (Lipinski definition) is 4. The van der Waals surface area contributed by atoms with Crippen molar-refractivity contribution in [2.24, 2.45) is 0 Å². The van der Waals surface area contributed by atoms with Gasteiger partial charge in [0.15, 0.2) is 0 Å². The van der Waals surface area contributed by atoms with Crippen molar-refractivity contribution in [3.05, 3.63) is 18.2 Å². The molecular weight excluding hydrogens is 272 g/mol. The highest BCUT2D eigenvalue weighted by molar-refractivity contribution is 5.98. The number of anilines is 1. The minimum atomic E-state index is -0.231. The monoisotopic (exact) mass is 294 g/mol. The Hall–Kier alpha value is -2.24. The summed E-state index contributed by atoms with van der Waals surface area (Å²) in [5.74, 6) is 0.664. The molecule has 1 N–H and O–H groups in total. The van der Waals surface area contributed by atoms with Crippen molar-refractivity contribution in [3.8, 4) is 11.5 Å². The lowest BCUT2D eigenvalue weighted by Gasteiger charge is -2.23. The molecule has 1 aromatic carbocycles. The first-order valence-electron chi connectivity index (χ1n) is 6.80. The average molecular weight is 294 g/mol. The number of benzene rings is 1. The molecule has 0 aliphatic rings. The van der Waals surface area contributed by atoms with Crippen molar-refractivity contribution < 1.29 is 19.1 Å². The van der Waals surface area contributed by atoms with E-state index in [9.17, 15) is 9.59 Å². The van der Waals surface area contributed by atoms with E-state index < -0.39 is 0 Å². The highest BCUT2D eigenvalue weighted by Gasteiger charge is 2.19. The van der Waals surface area contributed by atoms with Crippen LogP contribution in [0.1, 0.15) is 20.3 Å². The Morgan fingerprint density at radius 3 is 2.48 bits per heavy atom. The molecule has 6 heteroatoms. The Balaban J connectivity index is 3.00. The molecule has 0 aromatic heterocycles. The largest absolute Gasteiger partial charge is 0.497 e. The summed E-state index contributed by atoms with van der Waals surface area (Å²) < 4.78 is 10.4. The van der Waals surface area contributed by atoms with Crippen LogP contribution in [-0.2, 0) is 9.59 Å². The molecule has 21 heavy (non-hydrogen) atoms. The molecule has 2 amide bonds. The highest BCUT2D eigenvalue weighted by atomic mass is 16.5. The standard InChI is InChI=1S/C15H22N2O4/c1-5-8-16-15(19)10-17(11(2)18)13-7-6-12(20-3)9-14(13)21-4/h6-7,9H,5,8,10H2,1-4H3,(H,16,19). The van der Waals surface area contributed by atoms with Gasteiger partial charge in [-0.15, -0.1) is 0 Å². The summed E-state index contributed by atoms with van der Waals surface area (Å²) in [6.45, 7) is 3.93. The van der Waals surface area contributed by atoms with Gasteiger partial charge in [-0.3, -0.25) is 14.5 Å². The third-order valence-electron chi connectivity index (χ3n) is 2.93. The van der Waals surface area contributed by atoms with Gasteiger partial charge in [-0.2, -0.15) is 0 Å². The quantitative estimate of drug-likeness (QED) is 0.829. The predicted octanol–water partition coefficient (Wildman–Crippen LogP) is 1.58. The van der Waals surface area contributed by atoms with Crippen molar-refractivity contribution in [3.63, 3.8) is 0 Å². The molecule has 0 aliphatic carbocycles. The summed E-state index contributed by atoms with van der Waals surface area (Å²) in [7, 11) is 3.06. The van der Waals surface area contributed by atoms with Crippen molar-refractivity contribution in [2.75, 3.05) is 32.2 Å². The summed E-state index contributed by atoms with van der Waals surface area (Å²) in [4.78, 5) is 25.1. The van der Waals surface area contributed by atoms with Gasteiger partial charge in [0.1, 0.15) is 18.0 Å². The molecule has 0 fully saturated rings. The summed E-state index contributed by atoms with van der Waals surface area (Å²) >= 11 is 0. The fourth-order valence-electron chi connectivity index (χ4n) is 1.84. The smallest absolute Gasteiger partial charge is 0.240 e. The maximum Gasteiger partial charge on any atom is 0.240 e. The first-order valence-corrected chi connectivity index (χ1v) is 6.80. The third-order valence-corrected chi connectivity index (χ3v) is 2.93. The molecule has 0 aliphatic heterocycles. The molecule has 1 aromatic rings. The minimum Gasteiger partial charge on any atom is -0.497 e. The molecule has 0 unspecified atom stereocenters. The summed E-state index contributed by atoms with van der Waals surface area (Å²) in [6, 6.07) is 5.10. The van der Waals surface area contributed by atoms with Gasteiger partial charge in [-0.1, -0.05) is 6.92 Å². The van der Waals surface area contributed by atoms with E-state index in [1.54, 1.807) is 25.3 Å². The van der Waals surface area contributed by atoms with E-state index in [-0.39, 0.29) is 18.4 Å². The molecule has 0 saturated carbocycles. The molecule has 0 bridgehead atoms. The van der Waals surface area contributed by atoms with Crippen LogP contribution in [0.3, 0.4) is 0 Å². The fraction of sp³-hybridized carbons (Fsp3) is 0.467. The van der Waals surface area contributed by atoms with Gasteiger partial charge in [0.05, 0.1) is 19.9 Å². The van der Waals surface area contributed by atoms with Gasteiger partial charge in [-0.25, -0.2) is 0 Å². The maximum atomic E-state index is 11.8. The average Bonchev–Trinajstić information content (AvgIpc) is 2.49. The number of carbonyl (C=O) groups is 2. The molecular formula is C15H22N2O4. The van der Waals surface area contributed by atoms with Crippen LogP contribution >= 0.6 is 0 Å².